The summed E-state index contributed by atoms with van der Waals surface area (Å²) in [7, 11) is 1.64. The minimum absolute atomic E-state index is 0.103. The van der Waals surface area contributed by atoms with Crippen molar-refractivity contribution in [1.29, 1.82) is 0 Å². The average Bonchev–Trinajstić information content (AvgIpc) is 2.81. The lowest BCUT2D eigenvalue weighted by Gasteiger charge is -2.38. The molecule has 22 heavy (non-hydrogen) atoms. The fourth-order valence-corrected chi connectivity index (χ4v) is 4.66. The van der Waals surface area contributed by atoms with Crippen molar-refractivity contribution in [3.8, 4) is 5.75 Å². The molecule has 2 nitrogen and oxygen atoms in total. The van der Waals surface area contributed by atoms with Gasteiger partial charge in [0.05, 0.1) is 13.2 Å². The molecule has 4 rings (SSSR count). The number of fused-ring (bicyclic) bond motifs is 5. The third-order valence-electron chi connectivity index (χ3n) is 5.81. The Morgan fingerprint density at radius 2 is 2.09 bits per heavy atom. The van der Waals surface area contributed by atoms with Gasteiger partial charge in [0, 0.05) is 5.39 Å². The number of halogens is 1. The van der Waals surface area contributed by atoms with Gasteiger partial charge in [-0.05, 0) is 77.8 Å². The van der Waals surface area contributed by atoms with Crippen LogP contribution < -0.4 is 4.74 Å². The average molecular weight is 300 g/mol. The third kappa shape index (κ3) is 1.88. The maximum Gasteiger partial charge on any atom is 0.131 e. The molecule has 2 aliphatic carbocycles. The second-order valence-electron chi connectivity index (χ2n) is 7.14. The summed E-state index contributed by atoms with van der Waals surface area (Å²) in [5.41, 5.74) is 2.45. The predicted molar refractivity (Wildman–Crippen MR) is 84.9 cm³/mol. The van der Waals surface area contributed by atoms with Crippen molar-refractivity contribution < 1.29 is 14.2 Å². The molecule has 1 N–H and O–H groups in total. The Morgan fingerprint density at radius 1 is 1.27 bits per heavy atom. The fourth-order valence-electron chi connectivity index (χ4n) is 4.66. The van der Waals surface area contributed by atoms with Gasteiger partial charge < -0.3 is 9.84 Å². The number of benzene rings is 2. The van der Waals surface area contributed by atoms with Gasteiger partial charge in [0.25, 0.3) is 0 Å². The highest BCUT2D eigenvalue weighted by atomic mass is 19.1. The first-order valence-electron chi connectivity index (χ1n) is 7.99. The van der Waals surface area contributed by atoms with E-state index in [0.717, 1.165) is 42.4 Å². The zero-order valence-corrected chi connectivity index (χ0v) is 13.0. The van der Waals surface area contributed by atoms with E-state index in [1.54, 1.807) is 19.2 Å². The highest BCUT2D eigenvalue weighted by Gasteiger charge is 2.47. The number of aryl methyl sites for hydroxylation is 1. The second-order valence-corrected chi connectivity index (χ2v) is 7.14. The van der Waals surface area contributed by atoms with Gasteiger partial charge in [0.1, 0.15) is 11.6 Å². The monoisotopic (exact) mass is 300 g/mol. The van der Waals surface area contributed by atoms with Gasteiger partial charge in [-0.15, -0.1) is 0 Å². The van der Waals surface area contributed by atoms with Gasteiger partial charge >= 0.3 is 0 Å². The van der Waals surface area contributed by atoms with Crippen molar-refractivity contribution in [3.63, 3.8) is 0 Å². The first kappa shape index (κ1) is 14.0. The van der Waals surface area contributed by atoms with Crippen LogP contribution in [0.2, 0.25) is 0 Å². The van der Waals surface area contributed by atoms with Gasteiger partial charge in [0.15, 0.2) is 0 Å². The summed E-state index contributed by atoms with van der Waals surface area (Å²) in [5, 5.41) is 11.7. The molecule has 2 unspecified atom stereocenters. The number of hydrogen-bond donors (Lipinski definition) is 1. The smallest absolute Gasteiger partial charge is 0.131 e. The molecule has 0 saturated heterocycles. The van der Waals surface area contributed by atoms with Gasteiger partial charge in [-0.25, -0.2) is 4.39 Å². The van der Waals surface area contributed by atoms with E-state index in [-0.39, 0.29) is 23.3 Å². The predicted octanol–water partition coefficient (Wildman–Crippen LogP) is 4.18. The van der Waals surface area contributed by atoms with Crippen LogP contribution in [0, 0.1) is 11.2 Å². The van der Waals surface area contributed by atoms with Crippen LogP contribution in [-0.4, -0.2) is 18.3 Å². The van der Waals surface area contributed by atoms with Crippen molar-refractivity contribution >= 4 is 10.8 Å². The largest absolute Gasteiger partial charge is 0.497 e. The first-order chi connectivity index (χ1) is 10.5. The lowest BCUT2D eigenvalue weighted by Crippen LogP contribution is -2.27. The zero-order valence-electron chi connectivity index (χ0n) is 13.0. The second kappa shape index (κ2) is 4.69. The van der Waals surface area contributed by atoms with Crippen LogP contribution in [0.25, 0.3) is 10.8 Å². The third-order valence-corrected chi connectivity index (χ3v) is 5.81. The minimum Gasteiger partial charge on any atom is -0.497 e. The molecule has 1 fully saturated rings. The van der Waals surface area contributed by atoms with Gasteiger partial charge in [-0.3, -0.25) is 0 Å². The van der Waals surface area contributed by atoms with E-state index >= 15 is 0 Å². The van der Waals surface area contributed by atoms with Crippen LogP contribution in [0.3, 0.4) is 0 Å². The molecule has 116 valence electrons. The van der Waals surface area contributed by atoms with E-state index in [1.807, 2.05) is 12.1 Å². The molecule has 3 atom stereocenters. The van der Waals surface area contributed by atoms with Crippen LogP contribution in [0.4, 0.5) is 4.39 Å². The number of methoxy groups -OCH3 is 1. The highest BCUT2D eigenvalue weighted by Crippen LogP contribution is 2.56. The minimum atomic E-state index is -0.259. The molecule has 2 aromatic carbocycles. The van der Waals surface area contributed by atoms with Crippen LogP contribution in [-0.2, 0) is 6.42 Å². The number of rotatable bonds is 1. The number of aliphatic hydroxyl groups excluding tert-OH is 1. The molecule has 0 amide bonds. The van der Waals surface area contributed by atoms with Crippen LogP contribution in [0.1, 0.15) is 43.2 Å². The SMILES string of the molecule is COc1ccc2c(F)cc3c(c2c1)CCC1(C)C[C@H](O)CC31. The lowest BCUT2D eigenvalue weighted by atomic mass is 9.66. The van der Waals surface area contributed by atoms with E-state index in [4.69, 9.17) is 4.74 Å². The van der Waals surface area contributed by atoms with Crippen molar-refractivity contribution in [2.24, 2.45) is 5.41 Å². The summed E-state index contributed by atoms with van der Waals surface area (Å²) in [6.07, 6.45) is 3.32. The van der Waals surface area contributed by atoms with Crippen molar-refractivity contribution in [1.82, 2.24) is 0 Å². The van der Waals surface area contributed by atoms with Crippen LogP contribution in [0.5, 0.6) is 5.75 Å². The molecule has 2 aliphatic rings. The van der Waals surface area contributed by atoms with E-state index < -0.39 is 0 Å². The number of hydrogen-bond acceptors (Lipinski definition) is 2. The molecule has 0 aromatic heterocycles. The number of ether oxygens (including phenoxy) is 1. The van der Waals surface area contributed by atoms with Gasteiger partial charge in [-0.1, -0.05) is 6.92 Å². The molecule has 1 saturated carbocycles. The summed E-state index contributed by atoms with van der Waals surface area (Å²) < 4.78 is 19.9. The molecule has 2 aromatic rings. The summed E-state index contributed by atoms with van der Waals surface area (Å²) >= 11 is 0. The molecule has 3 heteroatoms. The summed E-state index contributed by atoms with van der Waals surface area (Å²) in [6.45, 7) is 2.24. The normalized spacial score (nSPS) is 30.2. The van der Waals surface area contributed by atoms with Crippen molar-refractivity contribution in [2.75, 3.05) is 7.11 Å². The topological polar surface area (TPSA) is 29.5 Å². The Balaban J connectivity index is 1.96. The molecule has 0 radical (unpaired) electrons. The van der Waals surface area contributed by atoms with E-state index in [2.05, 4.69) is 6.92 Å². The lowest BCUT2D eigenvalue weighted by molar-refractivity contribution is 0.159. The Morgan fingerprint density at radius 3 is 2.86 bits per heavy atom. The van der Waals surface area contributed by atoms with Crippen molar-refractivity contribution in [3.05, 3.63) is 41.2 Å². The summed E-state index contributed by atoms with van der Waals surface area (Å²) in [4.78, 5) is 0. The Hall–Kier alpha value is -1.61. The van der Waals surface area contributed by atoms with Crippen molar-refractivity contribution in [2.45, 2.75) is 44.6 Å². The fraction of sp³-hybridized carbons (Fsp3) is 0.474. The Kier molecular flexibility index (Phi) is 2.99. The standard InChI is InChI=1S/C19H21FO2/c1-19-6-5-13-15-8-12(22-2)3-4-14(15)18(20)9-16(13)17(19)7-11(21)10-19/h3-4,8-9,11,17,21H,5-7,10H2,1-2H3/t11-,17?,19?/m1/s1. The first-order valence-corrected chi connectivity index (χ1v) is 7.99. The highest BCUT2D eigenvalue weighted by molar-refractivity contribution is 5.89. The maximum atomic E-state index is 14.6. The van der Waals surface area contributed by atoms with Crippen LogP contribution in [0.15, 0.2) is 24.3 Å². The van der Waals surface area contributed by atoms with E-state index in [1.165, 1.54) is 5.56 Å². The quantitative estimate of drug-likeness (QED) is 0.856. The molecular formula is C19H21FO2. The molecule has 0 heterocycles. The zero-order chi connectivity index (χ0) is 15.5. The summed E-state index contributed by atoms with van der Waals surface area (Å²) in [6, 6.07) is 7.28. The van der Waals surface area contributed by atoms with Gasteiger partial charge in [-0.2, -0.15) is 0 Å². The molecule has 0 bridgehead atoms. The van der Waals surface area contributed by atoms with Crippen LogP contribution >= 0.6 is 0 Å². The summed E-state index contributed by atoms with van der Waals surface area (Å²) in [5.74, 6) is 0.860. The van der Waals surface area contributed by atoms with E-state index in [0.29, 0.717) is 5.39 Å². The Bertz CT molecular complexity index is 755. The number of aliphatic hydroxyl groups is 1. The maximum absolute atomic E-state index is 14.6. The Labute approximate surface area is 129 Å². The van der Waals surface area contributed by atoms with Gasteiger partial charge in [0.2, 0.25) is 0 Å². The molecular weight excluding hydrogens is 279 g/mol. The molecule has 0 aliphatic heterocycles. The van der Waals surface area contributed by atoms with E-state index in [9.17, 15) is 9.50 Å². The molecule has 0 spiro atoms.